The lowest BCUT2D eigenvalue weighted by Crippen LogP contribution is -2.37. The molecule has 0 aliphatic heterocycles. The van der Waals surface area contributed by atoms with Gasteiger partial charge in [-0.15, -0.1) is 0 Å². The molecule has 1 N–H and O–H groups in total. The van der Waals surface area contributed by atoms with Crippen molar-refractivity contribution in [2.45, 2.75) is 0 Å². The van der Waals surface area contributed by atoms with Gasteiger partial charge in [0, 0.05) is 39.1 Å². The van der Waals surface area contributed by atoms with Gasteiger partial charge < -0.3 is 4.57 Å². The van der Waals surface area contributed by atoms with E-state index >= 15 is 0 Å². The molecule has 0 saturated carbocycles. The van der Waals surface area contributed by atoms with E-state index < -0.39 is 11.2 Å². The molecular weight excluding hydrogens is 298 g/mol. The van der Waals surface area contributed by atoms with Crippen LogP contribution >= 0.6 is 0 Å². The van der Waals surface area contributed by atoms with E-state index in [1.165, 1.54) is 11.6 Å². The van der Waals surface area contributed by atoms with Crippen molar-refractivity contribution in [2.24, 2.45) is 26.2 Å². The number of nitrogens with zero attached hydrogens (tertiary/aromatic N) is 6. The summed E-state index contributed by atoms with van der Waals surface area (Å²) in [4.78, 5) is 32.4. The first-order chi connectivity index (χ1) is 11.0. The number of rotatable bonds is 3. The molecule has 9 heteroatoms. The average Bonchev–Trinajstić information content (AvgIpc) is 2.89. The highest BCUT2D eigenvalue weighted by molar-refractivity contribution is 5.80. The first kappa shape index (κ1) is 14.7. The number of fused-ring (bicyclic) bond motifs is 1. The van der Waals surface area contributed by atoms with E-state index in [-0.39, 0.29) is 0 Å². The van der Waals surface area contributed by atoms with E-state index in [0.717, 1.165) is 10.1 Å². The van der Waals surface area contributed by atoms with Crippen molar-refractivity contribution in [3.05, 3.63) is 50.9 Å². The fourth-order valence-electron chi connectivity index (χ4n) is 2.24. The topological polar surface area (TPSA) is 99.1 Å². The molecule has 0 aliphatic carbocycles. The number of aromatic nitrogens is 5. The molecule has 0 atom stereocenters. The summed E-state index contributed by atoms with van der Waals surface area (Å²) in [5.41, 5.74) is 3.40. The predicted octanol–water partition coefficient (Wildman–Crippen LogP) is -0.188. The van der Waals surface area contributed by atoms with Crippen LogP contribution in [0, 0.1) is 0 Å². The molecule has 0 fully saturated rings. The minimum absolute atomic E-state index is 0.305. The zero-order chi connectivity index (χ0) is 16.6. The third-order valence-corrected chi connectivity index (χ3v) is 3.54. The highest BCUT2D eigenvalue weighted by Crippen LogP contribution is 2.12. The van der Waals surface area contributed by atoms with Crippen molar-refractivity contribution in [1.29, 1.82) is 0 Å². The number of aryl methyl sites for hydroxylation is 2. The van der Waals surface area contributed by atoms with E-state index in [2.05, 4.69) is 20.5 Å². The SMILES string of the molecule is Cn1c(=O)c2c(nc(N/N=C\c3cccnc3)n2C)n(C)c1=O. The van der Waals surface area contributed by atoms with Gasteiger partial charge in [-0.3, -0.25) is 18.9 Å². The fourth-order valence-corrected chi connectivity index (χ4v) is 2.24. The first-order valence-electron chi connectivity index (χ1n) is 6.82. The summed E-state index contributed by atoms with van der Waals surface area (Å²) in [6.07, 6.45) is 4.93. The quantitative estimate of drug-likeness (QED) is 0.534. The van der Waals surface area contributed by atoms with Gasteiger partial charge in [0.1, 0.15) is 0 Å². The Morgan fingerprint density at radius 2 is 1.96 bits per heavy atom. The highest BCUT2D eigenvalue weighted by atomic mass is 16.2. The summed E-state index contributed by atoms with van der Waals surface area (Å²) in [5, 5.41) is 4.08. The molecule has 0 radical (unpaired) electrons. The van der Waals surface area contributed by atoms with Gasteiger partial charge in [0.15, 0.2) is 11.2 Å². The molecular formula is C14H15N7O2. The van der Waals surface area contributed by atoms with Crippen molar-refractivity contribution in [1.82, 2.24) is 23.7 Å². The lowest BCUT2D eigenvalue weighted by Gasteiger charge is -2.03. The molecule has 0 amide bonds. The van der Waals surface area contributed by atoms with E-state index in [0.29, 0.717) is 17.1 Å². The van der Waals surface area contributed by atoms with Gasteiger partial charge >= 0.3 is 5.69 Å². The molecule has 0 aliphatic rings. The number of anilines is 1. The molecule has 0 bridgehead atoms. The minimum atomic E-state index is -0.425. The second kappa shape index (κ2) is 5.52. The third-order valence-electron chi connectivity index (χ3n) is 3.54. The van der Waals surface area contributed by atoms with Gasteiger partial charge in [-0.1, -0.05) is 6.07 Å². The summed E-state index contributed by atoms with van der Waals surface area (Å²) in [6, 6.07) is 3.66. The number of hydrogen-bond acceptors (Lipinski definition) is 6. The van der Waals surface area contributed by atoms with Crippen LogP contribution < -0.4 is 16.7 Å². The zero-order valence-electron chi connectivity index (χ0n) is 12.9. The molecule has 118 valence electrons. The molecule has 3 aromatic rings. The van der Waals surface area contributed by atoms with Crippen LogP contribution in [0.15, 0.2) is 39.2 Å². The van der Waals surface area contributed by atoms with Crippen LogP contribution in [0.2, 0.25) is 0 Å². The molecule has 23 heavy (non-hydrogen) atoms. The predicted molar refractivity (Wildman–Crippen MR) is 86.6 cm³/mol. The summed E-state index contributed by atoms with van der Waals surface area (Å²) in [7, 11) is 4.69. The molecule has 0 unspecified atom stereocenters. The van der Waals surface area contributed by atoms with Crippen LogP contribution in [0.3, 0.4) is 0 Å². The van der Waals surface area contributed by atoms with Gasteiger partial charge in [0.2, 0.25) is 5.95 Å². The standard InChI is InChI=1S/C14H15N7O2/c1-19-10-11(20(2)14(23)21(3)12(10)22)17-13(19)18-16-8-9-5-4-6-15-7-9/h4-8H,1-3H3,(H,17,18)/b16-8-. The Labute approximate surface area is 130 Å². The highest BCUT2D eigenvalue weighted by Gasteiger charge is 2.16. The number of imidazole rings is 1. The summed E-state index contributed by atoms with van der Waals surface area (Å²) >= 11 is 0. The smallest absolute Gasteiger partial charge is 0.306 e. The van der Waals surface area contributed by atoms with Crippen molar-refractivity contribution in [2.75, 3.05) is 5.43 Å². The summed E-state index contributed by atoms with van der Waals surface area (Å²) in [6.45, 7) is 0. The van der Waals surface area contributed by atoms with Gasteiger partial charge in [0.05, 0.1) is 6.21 Å². The van der Waals surface area contributed by atoms with Crippen molar-refractivity contribution in [3.8, 4) is 0 Å². The average molecular weight is 313 g/mol. The maximum Gasteiger partial charge on any atom is 0.332 e. The Hall–Kier alpha value is -3.23. The summed E-state index contributed by atoms with van der Waals surface area (Å²) < 4.78 is 3.94. The van der Waals surface area contributed by atoms with Crippen LogP contribution in [0.1, 0.15) is 5.56 Å². The fraction of sp³-hybridized carbons (Fsp3) is 0.214. The molecule has 3 rings (SSSR count). The summed E-state index contributed by atoms with van der Waals surface area (Å²) in [5.74, 6) is 0.360. The molecule has 0 spiro atoms. The van der Waals surface area contributed by atoms with Crippen LogP contribution in [0.4, 0.5) is 5.95 Å². The Morgan fingerprint density at radius 1 is 1.17 bits per heavy atom. The lowest BCUT2D eigenvalue weighted by atomic mass is 10.3. The number of hydrogen-bond donors (Lipinski definition) is 1. The molecule has 3 aromatic heterocycles. The largest absolute Gasteiger partial charge is 0.332 e. The monoisotopic (exact) mass is 313 g/mol. The van der Waals surface area contributed by atoms with E-state index in [4.69, 9.17) is 0 Å². The molecule has 0 saturated heterocycles. The number of hydrazone groups is 1. The lowest BCUT2D eigenvalue weighted by molar-refractivity contribution is 0.705. The maximum absolute atomic E-state index is 12.2. The Bertz CT molecular complexity index is 1010. The van der Waals surface area contributed by atoms with Gasteiger partial charge in [-0.25, -0.2) is 10.2 Å². The van der Waals surface area contributed by atoms with Crippen LogP contribution in [-0.4, -0.2) is 29.9 Å². The maximum atomic E-state index is 12.2. The second-order valence-corrected chi connectivity index (χ2v) is 5.03. The van der Waals surface area contributed by atoms with Crippen LogP contribution in [0.5, 0.6) is 0 Å². The normalized spacial score (nSPS) is 11.4. The Kier molecular flexibility index (Phi) is 3.53. The van der Waals surface area contributed by atoms with Crippen molar-refractivity contribution < 1.29 is 0 Å². The van der Waals surface area contributed by atoms with Gasteiger partial charge in [-0.2, -0.15) is 10.1 Å². The van der Waals surface area contributed by atoms with E-state index in [9.17, 15) is 9.59 Å². The van der Waals surface area contributed by atoms with Crippen molar-refractivity contribution in [3.63, 3.8) is 0 Å². The third kappa shape index (κ3) is 2.41. The van der Waals surface area contributed by atoms with Crippen LogP contribution in [-0.2, 0) is 21.1 Å². The Balaban J connectivity index is 2.03. The number of pyridine rings is 1. The molecule has 0 aromatic carbocycles. The zero-order valence-corrected chi connectivity index (χ0v) is 12.9. The molecule has 9 nitrogen and oxygen atoms in total. The first-order valence-corrected chi connectivity index (χ1v) is 6.82. The second-order valence-electron chi connectivity index (χ2n) is 5.03. The van der Waals surface area contributed by atoms with E-state index in [1.54, 1.807) is 43.3 Å². The number of nitrogens with one attached hydrogen (secondary N) is 1. The Morgan fingerprint density at radius 3 is 2.65 bits per heavy atom. The molecule has 3 heterocycles. The minimum Gasteiger partial charge on any atom is -0.306 e. The van der Waals surface area contributed by atoms with Gasteiger partial charge in [-0.05, 0) is 6.07 Å². The van der Waals surface area contributed by atoms with Crippen molar-refractivity contribution >= 4 is 23.3 Å². The van der Waals surface area contributed by atoms with Crippen LogP contribution in [0.25, 0.3) is 11.2 Å². The van der Waals surface area contributed by atoms with E-state index in [1.807, 2.05) is 6.07 Å². The van der Waals surface area contributed by atoms with Gasteiger partial charge in [0.25, 0.3) is 5.56 Å².